The zero-order valence-corrected chi connectivity index (χ0v) is 16.3. The van der Waals surface area contributed by atoms with Crippen LogP contribution in [0.3, 0.4) is 0 Å². The lowest BCUT2D eigenvalue weighted by molar-refractivity contribution is -0.242. The quantitative estimate of drug-likeness (QED) is 0.344. The van der Waals surface area contributed by atoms with E-state index < -0.39 is 29.7 Å². The molecule has 2 heterocycles. The molecule has 0 N–H and O–H groups in total. The molecule has 0 spiro atoms. The van der Waals surface area contributed by atoms with Gasteiger partial charge in [-0.15, -0.1) is 0 Å². The lowest BCUT2D eigenvalue weighted by Crippen LogP contribution is -2.51. The molecule has 0 aromatic heterocycles. The predicted molar refractivity (Wildman–Crippen MR) is 105 cm³/mol. The summed E-state index contributed by atoms with van der Waals surface area (Å²) in [6, 6.07) is 7.51. The highest BCUT2D eigenvalue weighted by atomic mass is 16.7. The fourth-order valence-electron chi connectivity index (χ4n) is 4.20. The summed E-state index contributed by atoms with van der Waals surface area (Å²) in [7, 11) is 0. The van der Waals surface area contributed by atoms with Crippen molar-refractivity contribution in [2.75, 3.05) is 0 Å². The Morgan fingerprint density at radius 1 is 1.07 bits per heavy atom. The molecular formula is C22H26N2O4. The molecule has 6 nitrogen and oxygen atoms in total. The number of esters is 2. The van der Waals surface area contributed by atoms with Gasteiger partial charge < -0.3 is 14.4 Å². The van der Waals surface area contributed by atoms with Gasteiger partial charge in [-0.25, -0.2) is 0 Å². The molecule has 1 saturated carbocycles. The molecule has 4 rings (SSSR count). The van der Waals surface area contributed by atoms with E-state index in [0.29, 0.717) is 6.04 Å². The number of carbonyl (C=O) groups excluding carboxylic acids is 2. The molecule has 1 unspecified atom stereocenters. The minimum absolute atomic E-state index is 0.296. The van der Waals surface area contributed by atoms with Crippen molar-refractivity contribution in [3.63, 3.8) is 0 Å². The fourth-order valence-corrected chi connectivity index (χ4v) is 4.20. The smallest absolute Gasteiger partial charge is 0.326 e. The second-order valence-electron chi connectivity index (χ2n) is 8.11. The van der Waals surface area contributed by atoms with Crippen LogP contribution in [0.4, 0.5) is 0 Å². The lowest BCUT2D eigenvalue weighted by atomic mass is 9.86. The molecule has 2 aliphatic heterocycles. The summed E-state index contributed by atoms with van der Waals surface area (Å²) in [6.45, 7) is 3.13. The molecule has 28 heavy (non-hydrogen) atoms. The average Bonchev–Trinajstić information content (AvgIpc) is 2.66. The van der Waals surface area contributed by atoms with Crippen molar-refractivity contribution in [2.45, 2.75) is 63.8 Å². The predicted octanol–water partition coefficient (Wildman–Crippen LogP) is 3.83. The summed E-state index contributed by atoms with van der Waals surface area (Å²) in [6.07, 6.45) is 11.4. The first-order chi connectivity index (χ1) is 13.4. The number of hydrogen-bond donors (Lipinski definition) is 0. The third-order valence-corrected chi connectivity index (χ3v) is 5.56. The van der Waals surface area contributed by atoms with Crippen LogP contribution in [0.15, 0.2) is 35.5 Å². The first-order valence-electron chi connectivity index (χ1n) is 9.98. The van der Waals surface area contributed by atoms with Crippen LogP contribution < -0.4 is 0 Å². The fraction of sp³-hybridized carbons (Fsp3) is 0.500. The molecule has 0 bridgehead atoms. The van der Waals surface area contributed by atoms with E-state index in [-0.39, 0.29) is 0 Å². The number of ether oxygens (including phenoxy) is 2. The van der Waals surface area contributed by atoms with Crippen LogP contribution in [0.5, 0.6) is 0 Å². The maximum Gasteiger partial charge on any atom is 0.326 e. The van der Waals surface area contributed by atoms with E-state index in [9.17, 15) is 9.59 Å². The number of hydrogen-bond acceptors (Lipinski definition) is 5. The SMILES string of the molecule is CC1(C)OC(=O)C(C2c3ccccc3C=CN2C=NC2CCCCC2)C(=O)O1. The summed E-state index contributed by atoms with van der Waals surface area (Å²) in [5.41, 5.74) is 1.86. The molecule has 1 saturated heterocycles. The molecule has 0 amide bonds. The van der Waals surface area contributed by atoms with Crippen LogP contribution in [0.2, 0.25) is 0 Å². The summed E-state index contributed by atoms with van der Waals surface area (Å²) in [5, 5.41) is 0. The van der Waals surface area contributed by atoms with E-state index in [1.54, 1.807) is 20.2 Å². The highest BCUT2D eigenvalue weighted by molar-refractivity contribution is 5.98. The van der Waals surface area contributed by atoms with E-state index in [2.05, 4.69) is 0 Å². The van der Waals surface area contributed by atoms with Crippen molar-refractivity contribution in [3.8, 4) is 0 Å². The molecule has 2 fully saturated rings. The maximum absolute atomic E-state index is 12.8. The minimum atomic E-state index is -1.24. The van der Waals surface area contributed by atoms with Gasteiger partial charge in [-0.05, 0) is 30.0 Å². The summed E-state index contributed by atoms with van der Waals surface area (Å²) in [4.78, 5) is 32.1. The van der Waals surface area contributed by atoms with Gasteiger partial charge in [-0.3, -0.25) is 14.6 Å². The van der Waals surface area contributed by atoms with Gasteiger partial charge in [0.2, 0.25) is 0 Å². The van der Waals surface area contributed by atoms with Crippen LogP contribution in [0.25, 0.3) is 6.08 Å². The number of nitrogens with zero attached hydrogens (tertiary/aromatic N) is 2. The third-order valence-electron chi connectivity index (χ3n) is 5.56. The monoisotopic (exact) mass is 382 g/mol. The Hall–Kier alpha value is -2.63. The highest BCUT2D eigenvalue weighted by Gasteiger charge is 2.50. The Morgan fingerprint density at radius 3 is 2.46 bits per heavy atom. The molecule has 6 heteroatoms. The van der Waals surface area contributed by atoms with Crippen molar-refractivity contribution in [3.05, 3.63) is 41.6 Å². The molecule has 148 valence electrons. The molecule has 3 aliphatic rings. The number of aliphatic imine (C=N–C) groups is 1. The Balaban J connectivity index is 1.67. The molecule has 1 aliphatic carbocycles. The van der Waals surface area contributed by atoms with Gasteiger partial charge in [0, 0.05) is 20.0 Å². The molecule has 1 atom stereocenters. The Kier molecular flexibility index (Phi) is 4.96. The van der Waals surface area contributed by atoms with Gasteiger partial charge in [0.15, 0.2) is 5.92 Å². The summed E-state index contributed by atoms with van der Waals surface area (Å²) < 4.78 is 10.8. The van der Waals surface area contributed by atoms with Gasteiger partial charge in [-0.1, -0.05) is 43.5 Å². The van der Waals surface area contributed by atoms with Gasteiger partial charge in [0.25, 0.3) is 5.79 Å². The van der Waals surface area contributed by atoms with Crippen molar-refractivity contribution in [1.29, 1.82) is 0 Å². The van der Waals surface area contributed by atoms with Crippen LogP contribution in [-0.2, 0) is 19.1 Å². The van der Waals surface area contributed by atoms with Crippen LogP contribution >= 0.6 is 0 Å². The van der Waals surface area contributed by atoms with Crippen molar-refractivity contribution >= 4 is 24.4 Å². The van der Waals surface area contributed by atoms with E-state index in [1.165, 1.54) is 19.3 Å². The third kappa shape index (κ3) is 3.68. The number of rotatable bonds is 3. The Morgan fingerprint density at radius 2 is 1.75 bits per heavy atom. The van der Waals surface area contributed by atoms with E-state index >= 15 is 0 Å². The van der Waals surface area contributed by atoms with Crippen molar-refractivity contribution in [1.82, 2.24) is 4.90 Å². The van der Waals surface area contributed by atoms with Gasteiger partial charge >= 0.3 is 11.9 Å². The average molecular weight is 382 g/mol. The topological polar surface area (TPSA) is 68.2 Å². The Labute approximate surface area is 165 Å². The molecule has 0 radical (unpaired) electrons. The second kappa shape index (κ2) is 7.41. The zero-order valence-electron chi connectivity index (χ0n) is 16.3. The van der Waals surface area contributed by atoms with Crippen LogP contribution in [-0.4, -0.2) is 35.0 Å². The highest BCUT2D eigenvalue weighted by Crippen LogP contribution is 2.39. The second-order valence-corrected chi connectivity index (χ2v) is 8.11. The number of carbonyl (C=O) groups is 2. The van der Waals surface area contributed by atoms with Crippen molar-refractivity contribution in [2.24, 2.45) is 10.9 Å². The number of fused-ring (bicyclic) bond motifs is 1. The van der Waals surface area contributed by atoms with E-state index in [0.717, 1.165) is 24.0 Å². The number of cyclic esters (lactones) is 2. The van der Waals surface area contributed by atoms with E-state index in [1.807, 2.05) is 41.4 Å². The lowest BCUT2D eigenvalue weighted by Gasteiger charge is -2.40. The maximum atomic E-state index is 12.8. The summed E-state index contributed by atoms with van der Waals surface area (Å²) >= 11 is 0. The Bertz CT molecular complexity index is 804. The molecule has 1 aromatic carbocycles. The van der Waals surface area contributed by atoms with Gasteiger partial charge in [-0.2, -0.15) is 0 Å². The summed E-state index contributed by atoms with van der Waals surface area (Å²) in [5.74, 6) is -3.42. The van der Waals surface area contributed by atoms with Crippen molar-refractivity contribution < 1.29 is 19.1 Å². The van der Waals surface area contributed by atoms with Crippen LogP contribution in [0.1, 0.15) is 63.1 Å². The largest absolute Gasteiger partial charge is 0.422 e. The normalized spacial score (nSPS) is 25.5. The van der Waals surface area contributed by atoms with E-state index in [4.69, 9.17) is 14.5 Å². The standard InChI is InChI=1S/C22H26N2O4/c1-22(2)27-20(25)18(21(26)28-22)19-17-11-7-6-8-15(17)12-13-24(19)14-23-16-9-4-3-5-10-16/h6-8,11-14,16,18-19H,3-5,9-10H2,1-2H3. The zero-order chi connectivity index (χ0) is 19.7. The molecular weight excluding hydrogens is 356 g/mol. The minimum Gasteiger partial charge on any atom is -0.422 e. The number of benzene rings is 1. The first-order valence-corrected chi connectivity index (χ1v) is 9.98. The van der Waals surface area contributed by atoms with Gasteiger partial charge in [0.05, 0.1) is 18.4 Å². The van der Waals surface area contributed by atoms with Crippen LogP contribution in [0, 0.1) is 5.92 Å². The molecule has 1 aromatic rings. The first kappa shape index (κ1) is 18.7. The van der Waals surface area contributed by atoms with Gasteiger partial charge in [0.1, 0.15) is 0 Å².